The van der Waals surface area contributed by atoms with E-state index < -0.39 is 9.04 Å². The van der Waals surface area contributed by atoms with Crippen LogP contribution in [0.3, 0.4) is 0 Å². The molecule has 1 saturated heterocycles. The smallest absolute Gasteiger partial charge is 0.205 e. The Morgan fingerprint density at radius 3 is 2.86 bits per heavy atom. The van der Waals surface area contributed by atoms with Gasteiger partial charge < -0.3 is 9.16 Å². The molecule has 0 spiro atoms. The minimum atomic E-state index is -1.06. The zero-order valence-electron chi connectivity index (χ0n) is 9.42. The van der Waals surface area contributed by atoms with E-state index >= 15 is 0 Å². The summed E-state index contributed by atoms with van der Waals surface area (Å²) in [5.74, 6) is 0. The molecule has 0 aliphatic carbocycles. The molecule has 1 aliphatic heterocycles. The normalized spacial score (nSPS) is 24.6. The zero-order chi connectivity index (χ0) is 10.4. The van der Waals surface area contributed by atoms with Crippen molar-refractivity contribution in [3.8, 4) is 0 Å². The second-order valence-electron chi connectivity index (χ2n) is 4.12. The van der Waals surface area contributed by atoms with Gasteiger partial charge in [-0.25, -0.2) is 0 Å². The van der Waals surface area contributed by atoms with Gasteiger partial charge in [-0.15, -0.1) is 0 Å². The summed E-state index contributed by atoms with van der Waals surface area (Å²) in [7, 11) is -1.06. The fraction of sp³-hybridized carbons (Fsp3) is 0.818. The third kappa shape index (κ3) is 3.94. The van der Waals surface area contributed by atoms with Gasteiger partial charge >= 0.3 is 0 Å². The Morgan fingerprint density at radius 1 is 1.57 bits per heavy atom. The lowest BCUT2D eigenvalue weighted by atomic mass is 10.4. The predicted octanol–water partition coefficient (Wildman–Crippen LogP) is 2.43. The van der Waals surface area contributed by atoms with Gasteiger partial charge in [-0.05, 0) is 25.8 Å². The molecule has 2 nitrogen and oxygen atoms in total. The van der Waals surface area contributed by atoms with Gasteiger partial charge in [0.1, 0.15) is 0 Å². The summed E-state index contributed by atoms with van der Waals surface area (Å²) in [6.45, 7) is 9.72. The Balaban J connectivity index is 2.31. The van der Waals surface area contributed by atoms with E-state index in [1.165, 1.54) is 18.9 Å². The summed E-state index contributed by atoms with van der Waals surface area (Å²) in [6, 6.07) is 1.29. The van der Waals surface area contributed by atoms with Gasteiger partial charge in [0.05, 0.1) is 12.3 Å². The second kappa shape index (κ2) is 6.38. The zero-order valence-corrected chi connectivity index (χ0v) is 10.6. The summed E-state index contributed by atoms with van der Waals surface area (Å²) < 4.78 is 11.7. The molecule has 0 aromatic rings. The molecule has 82 valence electrons. The predicted molar refractivity (Wildman–Crippen MR) is 62.0 cm³/mol. The molecule has 0 saturated carbocycles. The van der Waals surface area contributed by atoms with Gasteiger partial charge in [0.2, 0.25) is 9.04 Å². The molecule has 0 amide bonds. The van der Waals surface area contributed by atoms with E-state index in [-0.39, 0.29) is 0 Å². The van der Waals surface area contributed by atoms with Gasteiger partial charge in [0, 0.05) is 6.61 Å². The van der Waals surface area contributed by atoms with Crippen LogP contribution in [0.2, 0.25) is 6.04 Å². The Labute approximate surface area is 89.0 Å². The largest absolute Gasteiger partial charge is 0.417 e. The molecule has 2 atom stereocenters. The van der Waals surface area contributed by atoms with Crippen LogP contribution in [0.5, 0.6) is 0 Å². The number of hydrogen-bond donors (Lipinski definition) is 0. The van der Waals surface area contributed by atoms with E-state index in [4.69, 9.17) is 9.16 Å². The van der Waals surface area contributed by atoms with Crippen molar-refractivity contribution in [2.24, 2.45) is 0 Å². The van der Waals surface area contributed by atoms with Crippen molar-refractivity contribution in [2.75, 3.05) is 13.2 Å². The monoisotopic (exact) mass is 214 g/mol. The highest BCUT2D eigenvalue weighted by Gasteiger charge is 2.25. The van der Waals surface area contributed by atoms with Crippen LogP contribution in [0.4, 0.5) is 0 Å². The van der Waals surface area contributed by atoms with Gasteiger partial charge in [-0.1, -0.05) is 25.5 Å². The maximum absolute atomic E-state index is 5.85. The number of ether oxygens (including phenoxy) is 1. The molecule has 1 heterocycles. The van der Waals surface area contributed by atoms with Gasteiger partial charge in [-0.2, -0.15) is 0 Å². The Kier molecular flexibility index (Phi) is 5.44. The molecule has 1 rings (SSSR count). The molecule has 2 unspecified atom stereocenters. The highest BCUT2D eigenvalue weighted by atomic mass is 28.3. The highest BCUT2D eigenvalue weighted by molar-refractivity contribution is 6.53. The summed E-state index contributed by atoms with van der Waals surface area (Å²) in [5, 5.41) is 0. The average molecular weight is 214 g/mol. The molecular formula is C11H22O2Si. The summed E-state index contributed by atoms with van der Waals surface area (Å²) in [5.41, 5.74) is 1.50. The quantitative estimate of drug-likeness (QED) is 0.517. The van der Waals surface area contributed by atoms with E-state index in [2.05, 4.69) is 13.5 Å². The molecular weight excluding hydrogens is 192 g/mol. The summed E-state index contributed by atoms with van der Waals surface area (Å²) in [4.78, 5) is 0. The van der Waals surface area contributed by atoms with Gasteiger partial charge in [0.25, 0.3) is 0 Å². The standard InChI is InChI=1S/C11H22O2Si/c1-4-11(12-9-10(2)3)14-8-6-5-7-13-14/h11,14H,2,4-9H2,1,3H3. The molecule has 1 fully saturated rings. The van der Waals surface area contributed by atoms with E-state index in [1.54, 1.807) is 0 Å². The van der Waals surface area contributed by atoms with Crippen LogP contribution in [-0.2, 0) is 9.16 Å². The molecule has 0 bridgehead atoms. The van der Waals surface area contributed by atoms with Crippen LogP contribution in [0.15, 0.2) is 12.2 Å². The fourth-order valence-corrected chi connectivity index (χ4v) is 4.55. The van der Waals surface area contributed by atoms with Crippen LogP contribution in [0.1, 0.15) is 33.1 Å². The molecule has 1 aliphatic rings. The second-order valence-corrected chi connectivity index (χ2v) is 6.85. The van der Waals surface area contributed by atoms with Gasteiger partial charge in [0.15, 0.2) is 0 Å². The minimum absolute atomic E-state index is 0.395. The van der Waals surface area contributed by atoms with E-state index in [9.17, 15) is 0 Å². The first kappa shape index (κ1) is 11.9. The maximum atomic E-state index is 5.85. The van der Waals surface area contributed by atoms with Crippen LogP contribution in [0.25, 0.3) is 0 Å². The van der Waals surface area contributed by atoms with E-state index in [0.717, 1.165) is 18.6 Å². The highest BCUT2D eigenvalue weighted by Crippen LogP contribution is 2.17. The van der Waals surface area contributed by atoms with Crippen LogP contribution >= 0.6 is 0 Å². The first-order valence-electron chi connectivity index (χ1n) is 5.61. The lowest BCUT2D eigenvalue weighted by Crippen LogP contribution is -2.38. The third-order valence-electron chi connectivity index (χ3n) is 2.58. The van der Waals surface area contributed by atoms with Crippen molar-refractivity contribution in [1.82, 2.24) is 0 Å². The van der Waals surface area contributed by atoms with Crippen molar-refractivity contribution in [3.63, 3.8) is 0 Å². The average Bonchev–Trinajstić information content (AvgIpc) is 2.20. The van der Waals surface area contributed by atoms with Crippen molar-refractivity contribution < 1.29 is 9.16 Å². The number of rotatable bonds is 5. The van der Waals surface area contributed by atoms with Crippen molar-refractivity contribution >= 4 is 9.04 Å². The molecule has 0 aromatic heterocycles. The molecule has 14 heavy (non-hydrogen) atoms. The Bertz CT molecular complexity index is 176. The maximum Gasteiger partial charge on any atom is 0.205 e. The van der Waals surface area contributed by atoms with Crippen LogP contribution in [-0.4, -0.2) is 28.0 Å². The van der Waals surface area contributed by atoms with Gasteiger partial charge in [-0.3, -0.25) is 0 Å². The summed E-state index contributed by atoms with van der Waals surface area (Å²) in [6.07, 6.45) is 3.66. The van der Waals surface area contributed by atoms with E-state index in [1.807, 2.05) is 6.92 Å². The topological polar surface area (TPSA) is 18.5 Å². The molecule has 0 radical (unpaired) electrons. The fourth-order valence-electron chi connectivity index (χ4n) is 1.80. The minimum Gasteiger partial charge on any atom is -0.417 e. The van der Waals surface area contributed by atoms with Crippen LogP contribution in [0, 0.1) is 0 Å². The van der Waals surface area contributed by atoms with Crippen molar-refractivity contribution in [2.45, 2.75) is 44.9 Å². The number of hydrogen-bond acceptors (Lipinski definition) is 2. The lowest BCUT2D eigenvalue weighted by Gasteiger charge is -2.28. The van der Waals surface area contributed by atoms with E-state index in [0.29, 0.717) is 12.3 Å². The molecule has 0 aromatic carbocycles. The Morgan fingerprint density at radius 2 is 2.36 bits per heavy atom. The molecule has 3 heteroatoms. The van der Waals surface area contributed by atoms with Crippen LogP contribution < -0.4 is 0 Å². The summed E-state index contributed by atoms with van der Waals surface area (Å²) >= 11 is 0. The lowest BCUT2D eigenvalue weighted by molar-refractivity contribution is 0.0979. The first-order chi connectivity index (χ1) is 6.74. The van der Waals surface area contributed by atoms with Crippen molar-refractivity contribution in [1.29, 1.82) is 0 Å². The first-order valence-corrected chi connectivity index (χ1v) is 7.57. The van der Waals surface area contributed by atoms with Crippen molar-refractivity contribution in [3.05, 3.63) is 12.2 Å². The Hall–Kier alpha value is -0.123. The molecule has 0 N–H and O–H groups in total. The third-order valence-corrected chi connectivity index (χ3v) is 5.71. The SMILES string of the molecule is C=C(C)COC(CC)[SiH]1CCCCO1.